The number of rotatable bonds is 37. The van der Waals surface area contributed by atoms with Gasteiger partial charge in [0.25, 0.3) is 0 Å². The summed E-state index contributed by atoms with van der Waals surface area (Å²) >= 11 is 0. The average molecular weight is 688 g/mol. The van der Waals surface area contributed by atoms with Gasteiger partial charge in [-0.3, -0.25) is 0 Å². The number of hydrogen-bond acceptors (Lipinski definition) is 3. The van der Waals surface area contributed by atoms with Gasteiger partial charge in [0.15, 0.2) is 0 Å². The van der Waals surface area contributed by atoms with E-state index in [1.165, 1.54) is 243 Å². The molecule has 0 saturated heterocycles. The highest BCUT2D eigenvalue weighted by Gasteiger charge is 2.21. The Hall–Kier alpha value is -0.130. The molecule has 0 spiro atoms. The van der Waals surface area contributed by atoms with Gasteiger partial charge in [0.05, 0.1) is 36.3 Å². The average Bonchev–Trinajstić information content (AvgIpc) is 3.07. The van der Waals surface area contributed by atoms with Crippen molar-refractivity contribution in [3.63, 3.8) is 0 Å². The highest BCUT2D eigenvalue weighted by atomic mass is 32.2. The molecule has 47 heavy (non-hydrogen) atoms. The molecule has 0 aliphatic rings. The van der Waals surface area contributed by atoms with Gasteiger partial charge >= 0.3 is 0 Å². The van der Waals surface area contributed by atoms with Crippen LogP contribution < -0.4 is 0 Å². The van der Waals surface area contributed by atoms with Crippen LogP contribution in [-0.4, -0.2) is 49.4 Å². The monoisotopic (exact) mass is 688 g/mol. The highest BCUT2D eigenvalue weighted by Crippen LogP contribution is 2.18. The van der Waals surface area contributed by atoms with Crippen molar-refractivity contribution in [3.05, 3.63) is 0 Å². The molecule has 0 amide bonds. The van der Waals surface area contributed by atoms with Gasteiger partial charge in [-0.15, -0.1) is 0 Å². The molecule has 0 aliphatic heterocycles. The minimum absolute atomic E-state index is 0.312. The Labute approximate surface area is 298 Å². The van der Waals surface area contributed by atoms with Gasteiger partial charge < -0.3 is 9.04 Å². The molecular formula is C42H89NO3S. The summed E-state index contributed by atoms with van der Waals surface area (Å²) in [6.45, 7) is 16.4. The fourth-order valence-corrected chi connectivity index (χ4v) is 6.96. The number of hydrogen-bond donors (Lipinski definition) is 0. The molecule has 0 aromatic carbocycles. The van der Waals surface area contributed by atoms with Gasteiger partial charge in [-0.05, 0) is 39.5 Å². The van der Waals surface area contributed by atoms with E-state index in [4.69, 9.17) is 0 Å². The zero-order valence-corrected chi connectivity index (χ0v) is 34.1. The van der Waals surface area contributed by atoms with Crippen LogP contribution in [0.5, 0.6) is 0 Å². The molecule has 0 bridgehead atoms. The van der Waals surface area contributed by atoms with Crippen LogP contribution >= 0.6 is 0 Å². The van der Waals surface area contributed by atoms with E-state index in [0.717, 1.165) is 0 Å². The van der Waals surface area contributed by atoms with E-state index in [9.17, 15) is 13.0 Å². The second kappa shape index (κ2) is 38.7. The highest BCUT2D eigenvalue weighted by molar-refractivity contribution is 7.85. The Morgan fingerprint density at radius 3 is 0.660 bits per heavy atom. The number of quaternary nitrogens is 1. The van der Waals surface area contributed by atoms with Crippen LogP contribution in [0.15, 0.2) is 0 Å². The Morgan fingerprint density at radius 2 is 0.511 bits per heavy atom. The molecule has 0 radical (unpaired) electrons. The Kier molecular flexibility index (Phi) is 40.3. The van der Waals surface area contributed by atoms with Gasteiger partial charge in [-0.25, -0.2) is 8.42 Å². The zero-order chi connectivity index (χ0) is 35.2. The summed E-state index contributed by atoms with van der Waals surface area (Å²) in [6.07, 6.45) is 47.0. The van der Waals surface area contributed by atoms with Crippen molar-refractivity contribution >= 4 is 10.1 Å². The van der Waals surface area contributed by atoms with Crippen LogP contribution in [0, 0.1) is 0 Å². The quantitative estimate of drug-likeness (QED) is 0.0371. The van der Waals surface area contributed by atoms with Crippen molar-refractivity contribution in [3.8, 4) is 0 Å². The summed E-state index contributed by atoms with van der Waals surface area (Å²) < 4.78 is 29.7. The summed E-state index contributed by atoms with van der Waals surface area (Å²) in [7, 11) is -3.91. The third kappa shape index (κ3) is 40.2. The van der Waals surface area contributed by atoms with E-state index in [1.54, 1.807) is 0 Å². The maximum atomic E-state index is 9.44. The Balaban J connectivity index is 0. The first-order valence-corrected chi connectivity index (χ1v) is 23.2. The maximum Gasteiger partial charge on any atom is 0.0943 e. The second-order valence-electron chi connectivity index (χ2n) is 14.9. The molecular weight excluding hydrogens is 599 g/mol. The van der Waals surface area contributed by atoms with E-state index in [1.807, 2.05) is 0 Å². The van der Waals surface area contributed by atoms with Crippen molar-refractivity contribution < 1.29 is 17.5 Å². The molecule has 0 aliphatic carbocycles. The van der Waals surface area contributed by atoms with E-state index < -0.39 is 10.1 Å². The smallest absolute Gasteiger partial charge is 0.0943 e. The van der Waals surface area contributed by atoms with E-state index >= 15 is 0 Å². The first kappa shape index (κ1) is 49.0. The van der Waals surface area contributed by atoms with Crippen molar-refractivity contribution in [2.45, 2.75) is 240 Å². The zero-order valence-electron chi connectivity index (χ0n) is 33.2. The molecule has 0 saturated carbocycles. The fourth-order valence-electron chi connectivity index (χ4n) is 6.96. The minimum Gasteiger partial charge on any atom is -0.748 e. The van der Waals surface area contributed by atoms with E-state index in [-0.39, 0.29) is 5.75 Å². The van der Waals surface area contributed by atoms with Gasteiger partial charge in [0, 0.05) is 5.75 Å². The molecule has 0 N–H and O–H groups in total. The van der Waals surface area contributed by atoms with Gasteiger partial charge in [-0.2, -0.15) is 0 Å². The summed E-state index contributed by atoms with van der Waals surface area (Å²) in [5, 5.41) is 0. The Morgan fingerprint density at radius 1 is 0.340 bits per heavy atom. The Bertz CT molecular complexity index is 639. The van der Waals surface area contributed by atoms with Crippen LogP contribution in [0.3, 0.4) is 0 Å². The summed E-state index contributed by atoms with van der Waals surface area (Å²) in [4.78, 5) is 0. The summed E-state index contributed by atoms with van der Waals surface area (Å²) in [5.41, 5.74) is 0. The lowest BCUT2D eigenvalue weighted by Crippen LogP contribution is -2.49. The number of nitrogens with zero attached hydrogens (tertiary/aromatic N) is 1. The standard InChI is InChI=1S/C40H84N.C2H6O3S/c1-5-9-11-13-15-17-19-21-23-25-27-29-31-33-35-37-39-41(7-3,8-4)40-38-36-34-32-30-28-26-24-22-20-18-16-14-12-10-6-2;1-2-6(3,4)5/h5-40H2,1-4H3;2H2,1H3,(H,3,4,5)/q+1;/p-1. The maximum absolute atomic E-state index is 9.44. The summed E-state index contributed by atoms with van der Waals surface area (Å²) in [5.74, 6) is -0.312. The van der Waals surface area contributed by atoms with Gasteiger partial charge in [0.2, 0.25) is 0 Å². The van der Waals surface area contributed by atoms with Crippen LogP contribution in [0.25, 0.3) is 0 Å². The summed E-state index contributed by atoms with van der Waals surface area (Å²) in [6, 6.07) is 0. The lowest BCUT2D eigenvalue weighted by molar-refractivity contribution is -0.925. The van der Waals surface area contributed by atoms with E-state index in [2.05, 4.69) is 27.7 Å². The van der Waals surface area contributed by atoms with E-state index in [0.29, 0.717) is 0 Å². The molecule has 0 rings (SSSR count). The van der Waals surface area contributed by atoms with Crippen molar-refractivity contribution in [2.75, 3.05) is 31.9 Å². The second-order valence-corrected chi connectivity index (χ2v) is 16.6. The molecule has 0 fully saturated rings. The number of unbranched alkanes of at least 4 members (excludes halogenated alkanes) is 30. The molecule has 0 aromatic heterocycles. The molecule has 0 unspecified atom stereocenters. The molecule has 0 heterocycles. The predicted molar refractivity (Wildman–Crippen MR) is 210 cm³/mol. The first-order valence-electron chi connectivity index (χ1n) is 21.6. The van der Waals surface area contributed by atoms with Crippen molar-refractivity contribution in [1.82, 2.24) is 0 Å². The van der Waals surface area contributed by atoms with Gasteiger partial charge in [0.1, 0.15) is 0 Å². The van der Waals surface area contributed by atoms with Crippen LogP contribution in [0.4, 0.5) is 0 Å². The normalized spacial score (nSPS) is 12.0. The minimum atomic E-state index is -3.91. The van der Waals surface area contributed by atoms with Crippen LogP contribution in [-0.2, 0) is 10.1 Å². The van der Waals surface area contributed by atoms with Gasteiger partial charge in [-0.1, -0.05) is 201 Å². The van der Waals surface area contributed by atoms with Crippen LogP contribution in [0.1, 0.15) is 240 Å². The third-order valence-electron chi connectivity index (χ3n) is 10.7. The molecule has 0 aromatic rings. The topological polar surface area (TPSA) is 57.2 Å². The SMILES string of the molecule is CCCCCCCCCCCCCCCCCC[N+](CC)(CC)CCCCCCCCCCCCCCCCCC.CCS(=O)(=O)[O-]. The first-order chi connectivity index (χ1) is 22.8. The van der Waals surface area contributed by atoms with Crippen molar-refractivity contribution in [1.29, 1.82) is 0 Å². The molecule has 4 nitrogen and oxygen atoms in total. The van der Waals surface area contributed by atoms with Crippen LogP contribution in [0.2, 0.25) is 0 Å². The molecule has 5 heteroatoms. The fraction of sp³-hybridized carbons (Fsp3) is 1.00. The lowest BCUT2D eigenvalue weighted by atomic mass is 10.0. The lowest BCUT2D eigenvalue weighted by Gasteiger charge is -2.37. The third-order valence-corrected chi connectivity index (χ3v) is 11.4. The predicted octanol–water partition coefficient (Wildman–Crippen LogP) is 13.9. The van der Waals surface area contributed by atoms with Crippen molar-refractivity contribution in [2.24, 2.45) is 0 Å². The molecule has 286 valence electrons. The molecule has 0 atom stereocenters. The largest absolute Gasteiger partial charge is 0.748 e.